The highest BCUT2D eigenvalue weighted by Crippen LogP contribution is 2.46. The lowest BCUT2D eigenvalue weighted by Gasteiger charge is -2.25. The smallest absolute Gasteiger partial charge is 0.273 e. The summed E-state index contributed by atoms with van der Waals surface area (Å²) in [6.45, 7) is 0. The predicted octanol–water partition coefficient (Wildman–Crippen LogP) is 2.15. The Balaban J connectivity index is 2.10. The molecule has 28 heavy (non-hydrogen) atoms. The van der Waals surface area contributed by atoms with E-state index in [2.05, 4.69) is 15.3 Å². The quantitative estimate of drug-likeness (QED) is 0.448. The number of hydrogen-bond acceptors (Lipinski definition) is 9. The van der Waals surface area contributed by atoms with Crippen molar-refractivity contribution in [1.29, 1.82) is 5.26 Å². The molecule has 0 spiro atoms. The average molecular weight is 396 g/mol. The molecule has 1 atom stereocenters. The number of nitro groups is 1. The second kappa shape index (κ2) is 6.36. The summed E-state index contributed by atoms with van der Waals surface area (Å²) in [6, 6.07) is 7.85. The molecule has 0 radical (unpaired) electrons. The Morgan fingerprint density at radius 1 is 1.46 bits per heavy atom. The van der Waals surface area contributed by atoms with Crippen molar-refractivity contribution in [3.63, 3.8) is 0 Å². The summed E-state index contributed by atoms with van der Waals surface area (Å²) in [5.41, 5.74) is 5.68. The van der Waals surface area contributed by atoms with Crippen molar-refractivity contribution in [2.75, 3.05) is 12.4 Å². The van der Waals surface area contributed by atoms with Crippen LogP contribution in [-0.2, 0) is 0 Å². The molecule has 0 amide bonds. The van der Waals surface area contributed by atoms with E-state index in [4.69, 9.17) is 10.5 Å². The molecule has 0 saturated carbocycles. The van der Waals surface area contributed by atoms with Gasteiger partial charge < -0.3 is 20.8 Å². The van der Waals surface area contributed by atoms with Gasteiger partial charge in [-0.3, -0.25) is 14.9 Å². The Morgan fingerprint density at radius 3 is 2.89 bits per heavy atom. The van der Waals surface area contributed by atoms with Crippen LogP contribution in [0.4, 0.5) is 10.8 Å². The van der Waals surface area contributed by atoms with Crippen molar-refractivity contribution in [1.82, 2.24) is 9.97 Å². The van der Waals surface area contributed by atoms with Gasteiger partial charge in [0.25, 0.3) is 11.2 Å². The monoisotopic (exact) mass is 396 g/mol. The maximum absolute atomic E-state index is 12.9. The summed E-state index contributed by atoms with van der Waals surface area (Å²) in [5.74, 6) is -1.09. The van der Waals surface area contributed by atoms with Gasteiger partial charge in [-0.05, 0) is 0 Å². The van der Waals surface area contributed by atoms with Crippen molar-refractivity contribution >= 4 is 32.5 Å². The van der Waals surface area contributed by atoms with Crippen LogP contribution in [-0.4, -0.2) is 21.9 Å². The Labute approximate surface area is 161 Å². The van der Waals surface area contributed by atoms with Crippen LogP contribution >= 0.6 is 11.3 Å². The minimum absolute atomic E-state index is 0.0648. The number of nitriles is 1. The zero-order valence-electron chi connectivity index (χ0n) is 14.3. The van der Waals surface area contributed by atoms with E-state index in [1.54, 1.807) is 13.1 Å². The molecule has 4 rings (SSSR count). The first kappa shape index (κ1) is 17.5. The molecule has 0 saturated heterocycles. The number of nitrogens with zero attached hydrogens (tertiary/aromatic N) is 3. The average Bonchev–Trinajstić information content (AvgIpc) is 3.10. The van der Waals surface area contributed by atoms with Gasteiger partial charge in [-0.25, -0.2) is 4.98 Å². The molecule has 140 valence electrons. The van der Waals surface area contributed by atoms with Gasteiger partial charge in [0, 0.05) is 18.7 Å². The number of anilines is 1. The first-order valence-electron chi connectivity index (χ1n) is 8.01. The van der Waals surface area contributed by atoms with Gasteiger partial charge in [-0.1, -0.05) is 29.5 Å². The maximum atomic E-state index is 12.9. The van der Waals surface area contributed by atoms with Crippen LogP contribution in [0.15, 0.2) is 40.5 Å². The molecular formula is C17H12N6O4S. The van der Waals surface area contributed by atoms with Crippen LogP contribution in [0.2, 0.25) is 0 Å². The fourth-order valence-electron chi connectivity index (χ4n) is 3.21. The Bertz CT molecular complexity index is 1270. The summed E-state index contributed by atoms with van der Waals surface area (Å²) in [6.07, 6.45) is 0. The van der Waals surface area contributed by atoms with Crippen LogP contribution in [0.5, 0.6) is 5.75 Å². The summed E-state index contributed by atoms with van der Waals surface area (Å²) in [5, 5.41) is 24.6. The van der Waals surface area contributed by atoms with Gasteiger partial charge in [0.1, 0.15) is 16.3 Å². The van der Waals surface area contributed by atoms with Gasteiger partial charge in [0.2, 0.25) is 5.88 Å². The van der Waals surface area contributed by atoms with Gasteiger partial charge in [-0.15, -0.1) is 0 Å². The second-order valence-corrected chi connectivity index (χ2v) is 6.88. The number of thiazole rings is 1. The molecule has 1 aliphatic heterocycles. The maximum Gasteiger partial charge on any atom is 0.273 e. The highest BCUT2D eigenvalue weighted by Gasteiger charge is 2.38. The summed E-state index contributed by atoms with van der Waals surface area (Å²) in [7, 11) is 1.68. The van der Waals surface area contributed by atoms with E-state index in [1.165, 1.54) is 29.5 Å². The van der Waals surface area contributed by atoms with Crippen LogP contribution < -0.4 is 21.3 Å². The second-order valence-electron chi connectivity index (χ2n) is 5.88. The van der Waals surface area contributed by atoms with E-state index in [1.807, 2.05) is 6.07 Å². The minimum Gasteiger partial charge on any atom is -0.438 e. The fourth-order valence-corrected chi connectivity index (χ4v) is 4.08. The zero-order valence-corrected chi connectivity index (χ0v) is 15.2. The first-order valence-corrected chi connectivity index (χ1v) is 8.83. The molecule has 4 N–H and O–H groups in total. The topological polar surface area (TPSA) is 160 Å². The van der Waals surface area contributed by atoms with Crippen LogP contribution in [0.3, 0.4) is 0 Å². The number of para-hydroxylation sites is 1. The molecule has 1 aliphatic rings. The van der Waals surface area contributed by atoms with Crippen molar-refractivity contribution < 1.29 is 9.66 Å². The highest BCUT2D eigenvalue weighted by molar-refractivity contribution is 7.22. The number of nitrogens with one attached hydrogen (secondary N) is 2. The third kappa shape index (κ3) is 2.47. The zero-order chi connectivity index (χ0) is 20.0. The highest BCUT2D eigenvalue weighted by atomic mass is 32.1. The number of H-pyrrole nitrogens is 1. The van der Waals surface area contributed by atoms with E-state index in [9.17, 15) is 20.2 Å². The number of benzene rings is 1. The standard InChI is InChI=1S/C17H12N6O4S/c1-20-17-22-15-13(28-17)12-11(16(24)21-15)10(8(6-18)14(19)27-12)7-4-2-3-5-9(7)23(25)26/h2-5,10H,19H2,1H3,(H2,20,21,22,24). The lowest BCUT2D eigenvalue weighted by molar-refractivity contribution is -0.385. The number of nitro benzene ring substituents is 1. The van der Waals surface area contributed by atoms with E-state index in [-0.39, 0.29) is 34.0 Å². The van der Waals surface area contributed by atoms with Crippen molar-refractivity contribution in [3.8, 4) is 11.8 Å². The number of aromatic amines is 1. The first-order chi connectivity index (χ1) is 13.5. The lowest BCUT2D eigenvalue weighted by Crippen LogP contribution is -2.28. The minimum atomic E-state index is -1.04. The van der Waals surface area contributed by atoms with Crippen molar-refractivity contribution in [3.05, 3.63) is 67.3 Å². The SMILES string of the molecule is CNc1nc2[nH]c(=O)c3c(c2s1)OC(N)=C(C#N)C3c1ccccc1[N+](=O)[O-]. The van der Waals surface area contributed by atoms with E-state index in [0.717, 1.165) is 0 Å². The summed E-state index contributed by atoms with van der Waals surface area (Å²) in [4.78, 5) is 30.8. The Hall–Kier alpha value is -3.91. The number of nitrogens with two attached hydrogens (primary N) is 1. The van der Waals surface area contributed by atoms with Gasteiger partial charge in [0.05, 0.1) is 16.4 Å². The van der Waals surface area contributed by atoms with Gasteiger partial charge in [-0.2, -0.15) is 5.26 Å². The Morgan fingerprint density at radius 2 is 2.21 bits per heavy atom. The van der Waals surface area contributed by atoms with Gasteiger partial charge in [0.15, 0.2) is 16.5 Å². The number of ether oxygens (including phenoxy) is 1. The van der Waals surface area contributed by atoms with Crippen LogP contribution in [0, 0.1) is 21.4 Å². The Kier molecular flexibility index (Phi) is 3.98. The predicted molar refractivity (Wildman–Crippen MR) is 102 cm³/mol. The molecular weight excluding hydrogens is 384 g/mol. The number of aromatic nitrogens is 2. The van der Waals surface area contributed by atoms with Crippen molar-refractivity contribution in [2.45, 2.75) is 5.92 Å². The number of fused-ring (bicyclic) bond motifs is 3. The lowest BCUT2D eigenvalue weighted by atomic mass is 9.83. The molecule has 11 heteroatoms. The molecule has 0 bridgehead atoms. The number of pyridine rings is 1. The summed E-state index contributed by atoms with van der Waals surface area (Å²) >= 11 is 1.23. The molecule has 2 aromatic heterocycles. The van der Waals surface area contributed by atoms with Crippen LogP contribution in [0.1, 0.15) is 17.0 Å². The molecule has 3 heterocycles. The molecule has 3 aromatic rings. The molecule has 0 aliphatic carbocycles. The van der Waals surface area contributed by atoms with E-state index < -0.39 is 16.4 Å². The summed E-state index contributed by atoms with van der Waals surface area (Å²) < 4.78 is 6.14. The normalized spacial score (nSPS) is 15.6. The van der Waals surface area contributed by atoms with E-state index >= 15 is 0 Å². The van der Waals surface area contributed by atoms with Crippen LogP contribution in [0.25, 0.3) is 10.3 Å². The fraction of sp³-hybridized carbons (Fsp3) is 0.118. The number of hydrogen-bond donors (Lipinski definition) is 3. The number of rotatable bonds is 3. The van der Waals surface area contributed by atoms with Crippen molar-refractivity contribution in [2.24, 2.45) is 5.73 Å². The largest absolute Gasteiger partial charge is 0.438 e. The van der Waals surface area contributed by atoms with E-state index in [0.29, 0.717) is 15.5 Å². The molecule has 10 nitrogen and oxygen atoms in total. The molecule has 0 fully saturated rings. The number of allylic oxidation sites excluding steroid dienone is 1. The molecule has 1 aromatic carbocycles. The third-order valence-corrected chi connectivity index (χ3v) is 5.46. The third-order valence-electron chi connectivity index (χ3n) is 4.39. The van der Waals surface area contributed by atoms with Gasteiger partial charge >= 0.3 is 0 Å². The molecule has 1 unspecified atom stereocenters.